The molecule has 0 radical (unpaired) electrons. The molecule has 1 saturated carbocycles. The van der Waals surface area contributed by atoms with E-state index in [0.717, 1.165) is 37.0 Å². The molecule has 0 N–H and O–H groups in total. The topological polar surface area (TPSA) is 38.7 Å². The molecule has 0 amide bonds. The molecule has 0 saturated heterocycles. The lowest BCUT2D eigenvalue weighted by molar-refractivity contribution is -0.213. The third kappa shape index (κ3) is 11.2. The molecule has 0 heterocycles. The van der Waals surface area contributed by atoms with E-state index in [0.29, 0.717) is 11.4 Å². The highest BCUT2D eigenvalue weighted by Crippen LogP contribution is 2.40. The van der Waals surface area contributed by atoms with E-state index in [2.05, 4.69) is 18.8 Å². The minimum Gasteiger partial charge on any atom is -0.497 e. The lowest BCUT2D eigenvalue weighted by atomic mass is 9.72. The molecular weight excluding hydrogens is 434 g/mol. The van der Waals surface area contributed by atoms with Crippen LogP contribution in [0.4, 0.5) is 23.2 Å². The Morgan fingerprint density at radius 1 is 1.12 bits per heavy atom. The zero-order valence-electron chi connectivity index (χ0n) is 21.7. The van der Waals surface area contributed by atoms with Crippen molar-refractivity contribution in [1.29, 1.82) is 0 Å². The molecule has 0 atom stereocenters. The number of rotatable bonds is 6. The van der Waals surface area contributed by atoms with Crippen molar-refractivity contribution in [2.45, 2.75) is 100 Å². The molecule has 0 spiro atoms. The lowest BCUT2D eigenvalue weighted by Gasteiger charge is -2.33. The number of aliphatic imine (C=N–C) groups is 1. The predicted molar refractivity (Wildman–Crippen MR) is 128 cm³/mol. The molecule has 1 aromatic rings. The number of carbonyl (C=O) groups is 1. The Hall–Kier alpha value is -1.92. The number of nitrogens with zero attached hydrogens (tertiary/aromatic N) is 1. The van der Waals surface area contributed by atoms with Gasteiger partial charge in [0.05, 0.1) is 12.5 Å². The van der Waals surface area contributed by atoms with Gasteiger partial charge in [0.15, 0.2) is 5.82 Å². The van der Waals surface area contributed by atoms with Crippen molar-refractivity contribution >= 4 is 17.2 Å². The van der Waals surface area contributed by atoms with Crippen LogP contribution >= 0.6 is 0 Å². The minimum absolute atomic E-state index is 0.166. The Kier molecular flexibility index (Phi) is 12.3. The van der Waals surface area contributed by atoms with E-state index in [1.807, 2.05) is 20.8 Å². The summed E-state index contributed by atoms with van der Waals surface area (Å²) >= 11 is 0. The number of ether oxygens (including phenoxy) is 1. The lowest BCUT2D eigenvalue weighted by Crippen LogP contribution is -2.34. The van der Waals surface area contributed by atoms with Gasteiger partial charge in [0.25, 0.3) is 0 Å². The van der Waals surface area contributed by atoms with Crippen molar-refractivity contribution in [2.75, 3.05) is 7.11 Å². The summed E-state index contributed by atoms with van der Waals surface area (Å²) in [4.78, 5) is 15.0. The Balaban J connectivity index is 0.000000505. The van der Waals surface area contributed by atoms with Gasteiger partial charge in [0, 0.05) is 24.6 Å². The van der Waals surface area contributed by atoms with Gasteiger partial charge in [-0.05, 0) is 50.2 Å². The maximum atomic E-state index is 13.6. The molecule has 0 aliphatic heterocycles. The van der Waals surface area contributed by atoms with Crippen LogP contribution in [0.2, 0.25) is 0 Å². The number of hydrogen-bond acceptors (Lipinski definition) is 3. The van der Waals surface area contributed by atoms with E-state index in [4.69, 9.17) is 4.74 Å². The van der Waals surface area contributed by atoms with Crippen LogP contribution in [0.5, 0.6) is 5.75 Å². The van der Waals surface area contributed by atoms with Gasteiger partial charge < -0.3 is 4.74 Å². The summed E-state index contributed by atoms with van der Waals surface area (Å²) in [5, 5.41) is 0. The van der Waals surface area contributed by atoms with Gasteiger partial charge in [-0.2, -0.15) is 13.2 Å². The monoisotopic (exact) mass is 475 g/mol. The Bertz CT molecular complexity index is 767. The van der Waals surface area contributed by atoms with Crippen molar-refractivity contribution in [3.05, 3.63) is 23.5 Å². The minimum atomic E-state index is -4.29. The van der Waals surface area contributed by atoms with Crippen LogP contribution in [-0.4, -0.2) is 24.8 Å². The zero-order chi connectivity index (χ0) is 26.0. The van der Waals surface area contributed by atoms with E-state index < -0.39 is 18.0 Å². The molecule has 0 unspecified atom stereocenters. The molecular formula is C26H41F4NO2. The maximum absolute atomic E-state index is 13.6. The van der Waals surface area contributed by atoms with Crippen LogP contribution in [0.25, 0.3) is 0 Å². The number of Topliss-reactive ketones (excluding diaryl/α,β-unsaturated/α-hetero) is 1. The molecule has 2 rings (SSSR count). The number of ketones is 1. The van der Waals surface area contributed by atoms with Crippen LogP contribution in [0, 0.1) is 23.6 Å². The van der Waals surface area contributed by atoms with Gasteiger partial charge in [-0.25, -0.2) is 4.39 Å². The van der Waals surface area contributed by atoms with E-state index >= 15 is 0 Å². The fourth-order valence-corrected chi connectivity index (χ4v) is 2.84. The van der Waals surface area contributed by atoms with E-state index in [-0.39, 0.29) is 18.0 Å². The Morgan fingerprint density at radius 2 is 1.64 bits per heavy atom. The molecule has 7 heteroatoms. The van der Waals surface area contributed by atoms with E-state index in [1.54, 1.807) is 13.0 Å². The smallest absolute Gasteiger partial charge is 0.394 e. The average molecular weight is 476 g/mol. The highest BCUT2D eigenvalue weighted by molar-refractivity contribution is 5.84. The number of benzene rings is 1. The summed E-state index contributed by atoms with van der Waals surface area (Å²) in [5.74, 6) is -0.157. The molecule has 0 aromatic heterocycles. The summed E-state index contributed by atoms with van der Waals surface area (Å²) in [6.07, 6.45) is 0.641. The van der Waals surface area contributed by atoms with Crippen LogP contribution in [-0.2, 0) is 4.79 Å². The third-order valence-corrected chi connectivity index (χ3v) is 5.79. The normalized spacial score (nSPS) is 15.4. The number of methoxy groups -OCH3 is 1. The molecule has 0 bridgehead atoms. The Morgan fingerprint density at radius 3 is 1.94 bits per heavy atom. The quantitative estimate of drug-likeness (QED) is 0.305. The first-order valence-electron chi connectivity index (χ1n) is 11.5. The fourth-order valence-electron chi connectivity index (χ4n) is 2.84. The van der Waals surface area contributed by atoms with Gasteiger partial charge in [-0.3, -0.25) is 9.79 Å². The van der Waals surface area contributed by atoms with Gasteiger partial charge in [0.1, 0.15) is 17.2 Å². The number of aryl methyl sites for hydroxylation is 1. The van der Waals surface area contributed by atoms with Crippen LogP contribution < -0.4 is 4.74 Å². The molecule has 190 valence electrons. The summed E-state index contributed by atoms with van der Waals surface area (Å²) in [6.45, 7) is 14.0. The highest BCUT2D eigenvalue weighted by atomic mass is 19.4. The second kappa shape index (κ2) is 13.1. The maximum Gasteiger partial charge on any atom is 0.394 e. The van der Waals surface area contributed by atoms with Crippen molar-refractivity contribution in [3.63, 3.8) is 0 Å². The second-order valence-corrected chi connectivity index (χ2v) is 9.94. The molecule has 33 heavy (non-hydrogen) atoms. The van der Waals surface area contributed by atoms with E-state index in [9.17, 15) is 22.4 Å². The first-order chi connectivity index (χ1) is 15.0. The van der Waals surface area contributed by atoms with Crippen LogP contribution in [0.15, 0.2) is 17.1 Å². The molecule has 1 aliphatic rings. The van der Waals surface area contributed by atoms with Gasteiger partial charge in [0.2, 0.25) is 0 Å². The number of alkyl halides is 3. The summed E-state index contributed by atoms with van der Waals surface area (Å²) in [7, 11) is 1.52. The first-order valence-corrected chi connectivity index (χ1v) is 11.5. The second-order valence-electron chi connectivity index (χ2n) is 9.94. The van der Waals surface area contributed by atoms with Gasteiger partial charge >= 0.3 is 6.18 Å². The Labute approximate surface area is 197 Å². The van der Waals surface area contributed by atoms with Crippen molar-refractivity contribution in [3.8, 4) is 5.75 Å². The third-order valence-electron chi connectivity index (χ3n) is 5.79. The molecule has 1 aliphatic carbocycles. The van der Waals surface area contributed by atoms with Crippen molar-refractivity contribution in [2.24, 2.45) is 15.8 Å². The van der Waals surface area contributed by atoms with Crippen molar-refractivity contribution in [1.82, 2.24) is 0 Å². The molecule has 1 fully saturated rings. The van der Waals surface area contributed by atoms with Gasteiger partial charge in [-0.1, -0.05) is 48.0 Å². The SMILES string of the molecule is CC1(C)CCC1.CCC(=O)CC(C)(C)C(F)(F)F.CCC(C)=Nc1c(C)cc(OC)cc1F. The molecule has 1 aromatic carbocycles. The van der Waals surface area contributed by atoms with Gasteiger partial charge in [-0.15, -0.1) is 0 Å². The highest BCUT2D eigenvalue weighted by Gasteiger charge is 2.47. The number of hydrogen-bond donors (Lipinski definition) is 0. The van der Waals surface area contributed by atoms with Crippen LogP contribution in [0.3, 0.4) is 0 Å². The number of halogens is 4. The van der Waals surface area contributed by atoms with E-state index in [1.165, 1.54) is 32.4 Å². The predicted octanol–water partition coefficient (Wildman–Crippen LogP) is 8.79. The summed E-state index contributed by atoms with van der Waals surface area (Å²) < 4.78 is 55.1. The van der Waals surface area contributed by atoms with Crippen molar-refractivity contribution < 1.29 is 27.1 Å². The summed E-state index contributed by atoms with van der Waals surface area (Å²) in [5.41, 5.74) is 0.956. The zero-order valence-corrected chi connectivity index (χ0v) is 21.7. The summed E-state index contributed by atoms with van der Waals surface area (Å²) in [6, 6.07) is 3.14. The fraction of sp³-hybridized carbons (Fsp3) is 0.692. The largest absolute Gasteiger partial charge is 0.497 e. The number of carbonyl (C=O) groups excluding carboxylic acids is 1. The first kappa shape index (κ1) is 31.1. The molecule has 3 nitrogen and oxygen atoms in total. The standard InChI is InChI=1S/C12H16FNO.C8H13F3O.C6H12/c1-5-9(3)14-12-8(2)6-10(15-4)7-11(12)13;1-4-6(12)5-7(2,3)8(9,10)11;1-6(2)4-3-5-6/h6-7H,5H2,1-4H3;4-5H2,1-3H3;3-5H2,1-2H3. The average Bonchev–Trinajstić information content (AvgIpc) is 2.68. The van der Waals surface area contributed by atoms with Crippen LogP contribution in [0.1, 0.15) is 92.6 Å².